The number of carbonyl (C=O) groups excluding carboxylic acids is 2. The Morgan fingerprint density at radius 1 is 0.967 bits per heavy atom. The van der Waals surface area contributed by atoms with Gasteiger partial charge in [-0.15, -0.1) is 11.8 Å². The first-order chi connectivity index (χ1) is 14.5. The molecule has 0 aliphatic heterocycles. The van der Waals surface area contributed by atoms with E-state index < -0.39 is 18.0 Å². The Kier molecular flexibility index (Phi) is 6.98. The van der Waals surface area contributed by atoms with Crippen molar-refractivity contribution in [1.82, 2.24) is 0 Å². The zero-order chi connectivity index (χ0) is 21.5. The first-order valence-electron chi connectivity index (χ1n) is 9.24. The van der Waals surface area contributed by atoms with Crippen molar-refractivity contribution in [1.29, 1.82) is 0 Å². The fraction of sp³-hybridized carbons (Fsp3) is 0.130. The molecule has 0 spiro atoms. The van der Waals surface area contributed by atoms with Gasteiger partial charge in [0.2, 0.25) is 0 Å². The second-order valence-corrected chi connectivity index (χ2v) is 7.28. The number of nitrogens with two attached hydrogens (primary N) is 1. The first-order valence-corrected chi connectivity index (χ1v) is 10.5. The van der Waals surface area contributed by atoms with Crippen molar-refractivity contribution in [3.8, 4) is 11.5 Å². The number of nitrogen functional groups attached to an aromatic ring is 1. The van der Waals surface area contributed by atoms with E-state index in [1.165, 1.54) is 18.7 Å². The SMILES string of the molecule is CSc1cc(C(=O)OC(C)C(=O)Nc2ccc(Oc3ccccc3)cc2)ccc1N. The molecule has 0 aliphatic carbocycles. The molecular weight excluding hydrogens is 400 g/mol. The van der Waals surface area contributed by atoms with Crippen molar-refractivity contribution >= 4 is 35.0 Å². The highest BCUT2D eigenvalue weighted by Crippen LogP contribution is 2.25. The van der Waals surface area contributed by atoms with Crippen molar-refractivity contribution in [2.24, 2.45) is 0 Å². The molecule has 30 heavy (non-hydrogen) atoms. The zero-order valence-corrected chi connectivity index (χ0v) is 17.4. The molecule has 0 saturated heterocycles. The van der Waals surface area contributed by atoms with Crippen LogP contribution in [0.4, 0.5) is 11.4 Å². The monoisotopic (exact) mass is 422 g/mol. The van der Waals surface area contributed by atoms with Crippen LogP contribution in [0.3, 0.4) is 0 Å². The van der Waals surface area contributed by atoms with Crippen LogP contribution in [0.25, 0.3) is 0 Å². The molecule has 1 unspecified atom stereocenters. The third-order valence-electron chi connectivity index (χ3n) is 4.22. The van der Waals surface area contributed by atoms with Crippen molar-refractivity contribution in [2.75, 3.05) is 17.3 Å². The molecule has 0 bridgehead atoms. The van der Waals surface area contributed by atoms with Gasteiger partial charge in [-0.05, 0) is 67.8 Å². The Hall–Kier alpha value is -3.45. The van der Waals surface area contributed by atoms with Gasteiger partial charge in [0.05, 0.1) is 5.56 Å². The maximum atomic E-state index is 12.4. The topological polar surface area (TPSA) is 90.7 Å². The maximum Gasteiger partial charge on any atom is 0.338 e. The predicted octanol–water partition coefficient (Wildman–Crippen LogP) is 4.97. The summed E-state index contributed by atoms with van der Waals surface area (Å²) in [5, 5.41) is 2.73. The molecule has 0 radical (unpaired) electrons. The van der Waals surface area contributed by atoms with Crippen LogP contribution in [0, 0.1) is 0 Å². The zero-order valence-electron chi connectivity index (χ0n) is 16.6. The third-order valence-corrected chi connectivity index (χ3v) is 5.02. The van der Waals surface area contributed by atoms with Gasteiger partial charge in [0.1, 0.15) is 11.5 Å². The number of rotatable bonds is 7. The Labute approximate surface area is 179 Å². The van der Waals surface area contributed by atoms with E-state index in [1.807, 2.05) is 36.6 Å². The lowest BCUT2D eigenvalue weighted by atomic mass is 10.2. The highest BCUT2D eigenvalue weighted by molar-refractivity contribution is 7.98. The number of carbonyl (C=O) groups is 2. The Morgan fingerprint density at radius 3 is 2.30 bits per heavy atom. The van der Waals surface area contributed by atoms with Gasteiger partial charge in [0.15, 0.2) is 6.10 Å². The lowest BCUT2D eigenvalue weighted by Crippen LogP contribution is -2.30. The second-order valence-electron chi connectivity index (χ2n) is 6.43. The number of esters is 1. The van der Waals surface area contributed by atoms with Crippen LogP contribution < -0.4 is 15.8 Å². The maximum absolute atomic E-state index is 12.4. The molecule has 1 amide bonds. The summed E-state index contributed by atoms with van der Waals surface area (Å²) in [5.74, 6) is 0.355. The summed E-state index contributed by atoms with van der Waals surface area (Å²) in [6.07, 6.45) is 0.903. The average Bonchev–Trinajstić information content (AvgIpc) is 2.76. The lowest BCUT2D eigenvalue weighted by Gasteiger charge is -2.14. The summed E-state index contributed by atoms with van der Waals surface area (Å²) in [7, 11) is 0. The summed E-state index contributed by atoms with van der Waals surface area (Å²) >= 11 is 1.43. The van der Waals surface area contributed by atoms with Gasteiger partial charge in [-0.2, -0.15) is 0 Å². The normalized spacial score (nSPS) is 11.4. The van der Waals surface area contributed by atoms with E-state index in [2.05, 4.69) is 5.32 Å². The molecule has 3 N–H and O–H groups in total. The number of hydrogen-bond donors (Lipinski definition) is 2. The molecule has 154 valence electrons. The van der Waals surface area contributed by atoms with E-state index in [1.54, 1.807) is 42.5 Å². The van der Waals surface area contributed by atoms with Gasteiger partial charge in [0, 0.05) is 16.3 Å². The smallest absolute Gasteiger partial charge is 0.338 e. The molecule has 3 rings (SSSR count). The van der Waals surface area contributed by atoms with Crippen molar-refractivity contribution in [2.45, 2.75) is 17.9 Å². The molecule has 0 aromatic heterocycles. The molecule has 3 aromatic rings. The van der Waals surface area contributed by atoms with Crippen LogP contribution in [0.1, 0.15) is 17.3 Å². The fourth-order valence-electron chi connectivity index (χ4n) is 2.60. The highest BCUT2D eigenvalue weighted by Gasteiger charge is 2.19. The number of thioether (sulfide) groups is 1. The summed E-state index contributed by atoms with van der Waals surface area (Å²) in [5.41, 5.74) is 7.34. The van der Waals surface area contributed by atoms with E-state index in [0.29, 0.717) is 22.7 Å². The number of ether oxygens (including phenoxy) is 2. The van der Waals surface area contributed by atoms with Gasteiger partial charge in [-0.25, -0.2) is 4.79 Å². The van der Waals surface area contributed by atoms with Gasteiger partial charge < -0.3 is 20.5 Å². The highest BCUT2D eigenvalue weighted by atomic mass is 32.2. The largest absolute Gasteiger partial charge is 0.457 e. The minimum atomic E-state index is -0.965. The summed E-state index contributed by atoms with van der Waals surface area (Å²) in [4.78, 5) is 25.5. The van der Waals surface area contributed by atoms with Crippen LogP contribution in [-0.2, 0) is 9.53 Å². The van der Waals surface area contributed by atoms with E-state index in [9.17, 15) is 9.59 Å². The number of para-hydroxylation sites is 1. The van der Waals surface area contributed by atoms with Crippen molar-refractivity contribution in [3.63, 3.8) is 0 Å². The van der Waals surface area contributed by atoms with Gasteiger partial charge in [0.25, 0.3) is 5.91 Å². The van der Waals surface area contributed by atoms with Gasteiger partial charge in [-0.3, -0.25) is 4.79 Å². The number of nitrogens with one attached hydrogen (secondary N) is 1. The van der Waals surface area contributed by atoms with E-state index in [4.69, 9.17) is 15.2 Å². The minimum Gasteiger partial charge on any atom is -0.457 e. The van der Waals surface area contributed by atoms with Crippen molar-refractivity contribution < 1.29 is 19.1 Å². The van der Waals surface area contributed by atoms with E-state index in [0.717, 1.165) is 10.6 Å². The number of amides is 1. The van der Waals surface area contributed by atoms with Crippen LogP contribution in [0.15, 0.2) is 77.7 Å². The molecule has 0 saturated carbocycles. The minimum absolute atomic E-state index is 0.343. The van der Waals surface area contributed by atoms with Crippen LogP contribution in [-0.4, -0.2) is 24.2 Å². The summed E-state index contributed by atoms with van der Waals surface area (Å²) < 4.78 is 11.0. The number of hydrogen-bond acceptors (Lipinski definition) is 6. The quantitative estimate of drug-likeness (QED) is 0.317. The summed E-state index contributed by atoms with van der Waals surface area (Å²) in [6, 6.07) is 21.2. The predicted molar refractivity (Wildman–Crippen MR) is 119 cm³/mol. The van der Waals surface area contributed by atoms with Gasteiger partial charge >= 0.3 is 5.97 Å². The molecule has 0 fully saturated rings. The Morgan fingerprint density at radius 2 is 1.63 bits per heavy atom. The molecule has 1 atom stereocenters. The number of anilines is 2. The van der Waals surface area contributed by atoms with Crippen LogP contribution >= 0.6 is 11.8 Å². The molecular formula is C23H22N2O4S. The molecule has 7 heteroatoms. The molecule has 3 aromatic carbocycles. The first kappa shape index (κ1) is 21.3. The van der Waals surface area contributed by atoms with Gasteiger partial charge in [-0.1, -0.05) is 18.2 Å². The average molecular weight is 423 g/mol. The second kappa shape index (κ2) is 9.84. The van der Waals surface area contributed by atoms with E-state index >= 15 is 0 Å². The van der Waals surface area contributed by atoms with Crippen LogP contribution in [0.5, 0.6) is 11.5 Å². The number of benzene rings is 3. The Bertz CT molecular complexity index is 1020. The molecule has 6 nitrogen and oxygen atoms in total. The van der Waals surface area contributed by atoms with Crippen LogP contribution in [0.2, 0.25) is 0 Å². The third kappa shape index (κ3) is 5.55. The summed E-state index contributed by atoms with van der Waals surface area (Å²) in [6.45, 7) is 1.52. The van der Waals surface area contributed by atoms with E-state index in [-0.39, 0.29) is 0 Å². The molecule has 0 heterocycles. The lowest BCUT2D eigenvalue weighted by molar-refractivity contribution is -0.123. The Balaban J connectivity index is 1.56. The van der Waals surface area contributed by atoms with Crippen molar-refractivity contribution in [3.05, 3.63) is 78.4 Å². The fourth-order valence-corrected chi connectivity index (χ4v) is 3.14. The molecule has 0 aliphatic rings. The standard InChI is InChI=1S/C23H22N2O4S/c1-15(28-23(27)16-8-13-20(24)21(14-16)30-2)22(26)25-17-9-11-19(12-10-17)29-18-6-4-3-5-7-18/h3-15H,24H2,1-2H3,(H,25,26).